The Morgan fingerprint density at radius 2 is 1.75 bits per heavy atom. The lowest BCUT2D eigenvalue weighted by Gasteiger charge is -2.17. The zero-order chi connectivity index (χ0) is 17.7. The summed E-state index contributed by atoms with van der Waals surface area (Å²) in [7, 11) is 4.59. The van der Waals surface area contributed by atoms with E-state index in [9.17, 15) is 9.59 Å². The number of benzene rings is 1. The van der Waals surface area contributed by atoms with E-state index in [1.165, 1.54) is 21.3 Å². The third-order valence-electron chi connectivity index (χ3n) is 4.39. The van der Waals surface area contributed by atoms with Crippen molar-refractivity contribution >= 4 is 11.9 Å². The third-order valence-corrected chi connectivity index (χ3v) is 4.39. The summed E-state index contributed by atoms with van der Waals surface area (Å²) in [5, 5.41) is 11.9. The van der Waals surface area contributed by atoms with E-state index in [0.717, 1.165) is 5.56 Å². The van der Waals surface area contributed by atoms with Crippen molar-refractivity contribution in [1.29, 1.82) is 0 Å². The van der Waals surface area contributed by atoms with Crippen LogP contribution in [0, 0.1) is 11.8 Å². The average Bonchev–Trinajstić information content (AvgIpc) is 3.09. The molecule has 2 atom stereocenters. The van der Waals surface area contributed by atoms with E-state index in [-0.39, 0.29) is 18.4 Å². The summed E-state index contributed by atoms with van der Waals surface area (Å²) >= 11 is 0. The molecule has 1 fully saturated rings. The van der Waals surface area contributed by atoms with E-state index in [1.54, 1.807) is 12.1 Å². The lowest BCUT2D eigenvalue weighted by Crippen LogP contribution is -2.29. The third kappa shape index (κ3) is 3.72. The van der Waals surface area contributed by atoms with Gasteiger partial charge >= 0.3 is 5.97 Å². The number of rotatable bonds is 7. The molecule has 0 radical (unpaired) electrons. The zero-order valence-corrected chi connectivity index (χ0v) is 14.1. The Morgan fingerprint density at radius 1 is 1.08 bits per heavy atom. The molecule has 0 spiro atoms. The van der Waals surface area contributed by atoms with E-state index in [1.807, 2.05) is 0 Å². The lowest BCUT2D eigenvalue weighted by molar-refractivity contribution is -0.141. The fraction of sp³-hybridized carbons (Fsp3) is 0.529. The van der Waals surface area contributed by atoms with Gasteiger partial charge < -0.3 is 24.6 Å². The maximum absolute atomic E-state index is 12.3. The minimum absolute atomic E-state index is 0.129. The number of nitrogens with one attached hydrogen (secondary N) is 1. The number of carbonyl (C=O) groups excluding carboxylic acids is 1. The predicted octanol–water partition coefficient (Wildman–Crippen LogP) is 1.83. The van der Waals surface area contributed by atoms with Crippen LogP contribution in [0.4, 0.5) is 0 Å². The fourth-order valence-electron chi connectivity index (χ4n) is 3.07. The first-order valence-electron chi connectivity index (χ1n) is 7.80. The first-order chi connectivity index (χ1) is 11.5. The number of methoxy groups -OCH3 is 3. The van der Waals surface area contributed by atoms with Gasteiger partial charge in [-0.15, -0.1) is 0 Å². The largest absolute Gasteiger partial charge is 0.493 e. The molecule has 0 saturated heterocycles. The van der Waals surface area contributed by atoms with Crippen molar-refractivity contribution in [3.63, 3.8) is 0 Å². The van der Waals surface area contributed by atoms with Crippen molar-refractivity contribution in [1.82, 2.24) is 5.32 Å². The van der Waals surface area contributed by atoms with Crippen LogP contribution in [-0.2, 0) is 16.1 Å². The molecule has 24 heavy (non-hydrogen) atoms. The first-order valence-corrected chi connectivity index (χ1v) is 7.80. The molecule has 1 aliphatic rings. The van der Waals surface area contributed by atoms with Gasteiger partial charge in [0.25, 0.3) is 0 Å². The highest BCUT2D eigenvalue weighted by molar-refractivity contribution is 5.81. The molecule has 7 nitrogen and oxygen atoms in total. The van der Waals surface area contributed by atoms with Crippen molar-refractivity contribution in [3.8, 4) is 17.2 Å². The SMILES string of the molecule is COc1ccc(CNC(=O)[C@@H]2CC[C@H](C(=O)O)C2)c(OC)c1OC. The first kappa shape index (κ1) is 17.9. The second-order valence-corrected chi connectivity index (χ2v) is 5.76. The number of amides is 1. The fourth-order valence-corrected chi connectivity index (χ4v) is 3.07. The molecule has 2 N–H and O–H groups in total. The maximum atomic E-state index is 12.3. The summed E-state index contributed by atoms with van der Waals surface area (Å²) in [6.07, 6.45) is 1.54. The molecule has 132 valence electrons. The van der Waals surface area contributed by atoms with Crippen LogP contribution in [0.25, 0.3) is 0 Å². The van der Waals surface area contributed by atoms with E-state index in [2.05, 4.69) is 5.32 Å². The number of hydrogen-bond acceptors (Lipinski definition) is 5. The van der Waals surface area contributed by atoms with Crippen LogP contribution in [0.2, 0.25) is 0 Å². The topological polar surface area (TPSA) is 94.1 Å². The Hall–Kier alpha value is -2.44. The molecule has 0 bridgehead atoms. The molecule has 0 aliphatic heterocycles. The molecule has 1 amide bonds. The molecule has 2 rings (SSSR count). The van der Waals surface area contributed by atoms with Crippen molar-refractivity contribution in [2.75, 3.05) is 21.3 Å². The summed E-state index contributed by atoms with van der Waals surface area (Å²) < 4.78 is 15.9. The molecular weight excluding hydrogens is 314 g/mol. The molecule has 1 aromatic carbocycles. The monoisotopic (exact) mass is 337 g/mol. The number of carboxylic acid groups (broad SMARTS) is 1. The van der Waals surface area contributed by atoms with Gasteiger partial charge in [-0.05, 0) is 31.4 Å². The minimum Gasteiger partial charge on any atom is -0.493 e. The van der Waals surface area contributed by atoms with Crippen molar-refractivity contribution in [2.24, 2.45) is 11.8 Å². The standard InChI is InChI=1S/C17H23NO6/c1-22-13-7-6-12(14(23-2)15(13)24-3)9-18-16(19)10-4-5-11(8-10)17(20)21/h6-7,10-11H,4-5,8-9H2,1-3H3,(H,18,19)(H,20,21)/t10-,11+/m1/s1. The second kappa shape index (κ2) is 7.90. The van der Waals surface area contributed by atoms with Crippen molar-refractivity contribution in [3.05, 3.63) is 17.7 Å². The van der Waals surface area contributed by atoms with E-state index >= 15 is 0 Å². The number of carboxylic acids is 1. The van der Waals surface area contributed by atoms with Gasteiger partial charge in [-0.2, -0.15) is 0 Å². The quantitative estimate of drug-likeness (QED) is 0.788. The highest BCUT2D eigenvalue weighted by Gasteiger charge is 2.33. The van der Waals surface area contributed by atoms with Gasteiger partial charge in [-0.3, -0.25) is 9.59 Å². The average molecular weight is 337 g/mol. The molecule has 0 heterocycles. The van der Waals surface area contributed by atoms with Gasteiger partial charge in [0.15, 0.2) is 11.5 Å². The van der Waals surface area contributed by atoms with Gasteiger partial charge in [-0.25, -0.2) is 0 Å². The molecule has 1 aliphatic carbocycles. The molecule has 7 heteroatoms. The van der Waals surface area contributed by atoms with Gasteiger partial charge in [0, 0.05) is 18.0 Å². The summed E-state index contributed by atoms with van der Waals surface area (Å²) in [4.78, 5) is 23.3. The smallest absolute Gasteiger partial charge is 0.306 e. The van der Waals surface area contributed by atoms with Crippen LogP contribution in [0.5, 0.6) is 17.2 Å². The van der Waals surface area contributed by atoms with Crippen LogP contribution >= 0.6 is 0 Å². The van der Waals surface area contributed by atoms with E-state index < -0.39 is 11.9 Å². The van der Waals surface area contributed by atoms with Gasteiger partial charge in [0.2, 0.25) is 11.7 Å². The maximum Gasteiger partial charge on any atom is 0.306 e. The number of hydrogen-bond donors (Lipinski definition) is 2. The van der Waals surface area contributed by atoms with E-state index in [0.29, 0.717) is 36.5 Å². The number of aliphatic carboxylic acids is 1. The summed E-state index contributed by atoms with van der Waals surface area (Å²) in [6, 6.07) is 3.55. The van der Waals surface area contributed by atoms with Crippen molar-refractivity contribution < 1.29 is 28.9 Å². The highest BCUT2D eigenvalue weighted by Crippen LogP contribution is 2.39. The molecular formula is C17H23NO6. The Morgan fingerprint density at radius 3 is 2.29 bits per heavy atom. The normalized spacial score (nSPS) is 19.6. The van der Waals surface area contributed by atoms with Gasteiger partial charge in [-0.1, -0.05) is 0 Å². The van der Waals surface area contributed by atoms with E-state index in [4.69, 9.17) is 19.3 Å². The summed E-state index contributed by atoms with van der Waals surface area (Å²) in [5.41, 5.74) is 0.760. The zero-order valence-electron chi connectivity index (χ0n) is 14.1. The van der Waals surface area contributed by atoms with Crippen LogP contribution in [0.1, 0.15) is 24.8 Å². The molecule has 0 aromatic heterocycles. The summed E-state index contributed by atoms with van der Waals surface area (Å²) in [5.74, 6) is -0.105. The Labute approximate surface area is 140 Å². The second-order valence-electron chi connectivity index (χ2n) is 5.76. The van der Waals surface area contributed by atoms with Crippen LogP contribution < -0.4 is 19.5 Å². The Bertz CT molecular complexity index is 615. The predicted molar refractivity (Wildman–Crippen MR) is 86.4 cm³/mol. The number of ether oxygens (including phenoxy) is 3. The molecule has 1 saturated carbocycles. The highest BCUT2D eigenvalue weighted by atomic mass is 16.5. The Kier molecular flexibility index (Phi) is 5.89. The lowest BCUT2D eigenvalue weighted by atomic mass is 10.0. The molecule has 0 unspecified atom stereocenters. The molecule has 1 aromatic rings. The summed E-state index contributed by atoms with van der Waals surface area (Å²) in [6.45, 7) is 0.274. The van der Waals surface area contributed by atoms with Crippen molar-refractivity contribution in [2.45, 2.75) is 25.8 Å². The van der Waals surface area contributed by atoms with Crippen LogP contribution in [0.15, 0.2) is 12.1 Å². The van der Waals surface area contributed by atoms with Crippen LogP contribution in [0.3, 0.4) is 0 Å². The van der Waals surface area contributed by atoms with Crippen LogP contribution in [-0.4, -0.2) is 38.3 Å². The minimum atomic E-state index is -0.827. The Balaban J connectivity index is 2.04. The number of carbonyl (C=O) groups is 2. The van der Waals surface area contributed by atoms with Gasteiger partial charge in [0.1, 0.15) is 0 Å². The van der Waals surface area contributed by atoms with Gasteiger partial charge in [0.05, 0.1) is 27.2 Å².